The van der Waals surface area contributed by atoms with Crippen molar-refractivity contribution in [2.75, 3.05) is 23.7 Å². The quantitative estimate of drug-likeness (QED) is 0.777. The summed E-state index contributed by atoms with van der Waals surface area (Å²) in [6, 6.07) is 16.3. The Bertz CT molecular complexity index is 751. The Labute approximate surface area is 147 Å². The molecule has 5 heteroatoms. The minimum atomic E-state index is -0.169. The van der Waals surface area contributed by atoms with E-state index in [4.69, 9.17) is 16.6 Å². The standard InChI is InChI=1S/C19H21ClN4/c20-15-7-4-8-16-17(15)24-19(9-11-21-12-10-19)18(23-16)22-13-14-5-2-1-3-6-14/h1-8,21,24H,9-13H2,(H,22,23). The van der Waals surface area contributed by atoms with Gasteiger partial charge in [0.1, 0.15) is 5.84 Å². The van der Waals surface area contributed by atoms with E-state index in [2.05, 4.69) is 40.2 Å². The lowest BCUT2D eigenvalue weighted by molar-refractivity contribution is 0.419. The molecule has 0 unspecified atom stereocenters. The summed E-state index contributed by atoms with van der Waals surface area (Å²) in [6.07, 6.45) is 1.97. The zero-order valence-electron chi connectivity index (χ0n) is 13.5. The van der Waals surface area contributed by atoms with E-state index in [1.165, 1.54) is 5.56 Å². The highest BCUT2D eigenvalue weighted by molar-refractivity contribution is 6.34. The van der Waals surface area contributed by atoms with Gasteiger partial charge in [0.15, 0.2) is 0 Å². The molecule has 0 saturated carbocycles. The first kappa shape index (κ1) is 15.5. The molecule has 0 aliphatic carbocycles. The average molecular weight is 341 g/mol. The number of hydrogen-bond acceptors (Lipinski definition) is 3. The number of fused-ring (bicyclic) bond motifs is 1. The molecule has 4 nitrogen and oxygen atoms in total. The van der Waals surface area contributed by atoms with E-state index in [-0.39, 0.29) is 5.54 Å². The number of nitrogens with zero attached hydrogens (tertiary/aromatic N) is 1. The van der Waals surface area contributed by atoms with Gasteiger partial charge in [-0.1, -0.05) is 48.0 Å². The maximum Gasteiger partial charge on any atom is 0.127 e. The van der Waals surface area contributed by atoms with E-state index in [0.717, 1.165) is 48.2 Å². The van der Waals surface area contributed by atoms with Gasteiger partial charge in [0, 0.05) is 0 Å². The Balaban J connectivity index is 1.70. The zero-order valence-corrected chi connectivity index (χ0v) is 14.2. The van der Waals surface area contributed by atoms with E-state index in [1.54, 1.807) is 0 Å². The van der Waals surface area contributed by atoms with E-state index < -0.39 is 0 Å². The second kappa shape index (κ2) is 6.46. The Hall–Kier alpha value is -2.04. The molecule has 0 radical (unpaired) electrons. The predicted molar refractivity (Wildman–Crippen MR) is 101 cm³/mol. The first-order valence-corrected chi connectivity index (χ1v) is 8.78. The summed E-state index contributed by atoms with van der Waals surface area (Å²) in [6.45, 7) is 2.62. The summed E-state index contributed by atoms with van der Waals surface area (Å²) in [5, 5.41) is 11.4. The number of nitrogens with one attached hydrogen (secondary N) is 3. The van der Waals surface area contributed by atoms with Gasteiger partial charge >= 0.3 is 0 Å². The van der Waals surface area contributed by atoms with Crippen LogP contribution in [0.5, 0.6) is 0 Å². The fourth-order valence-electron chi connectivity index (χ4n) is 3.46. The number of benzene rings is 2. The highest BCUT2D eigenvalue weighted by atomic mass is 35.5. The summed E-state index contributed by atoms with van der Waals surface area (Å²) in [4.78, 5) is 4.93. The monoisotopic (exact) mass is 340 g/mol. The maximum absolute atomic E-state index is 6.41. The summed E-state index contributed by atoms with van der Waals surface area (Å²) in [5.41, 5.74) is 3.03. The van der Waals surface area contributed by atoms with Gasteiger partial charge in [-0.15, -0.1) is 0 Å². The van der Waals surface area contributed by atoms with E-state index in [0.29, 0.717) is 6.54 Å². The minimum absolute atomic E-state index is 0.169. The number of rotatable bonds is 2. The Morgan fingerprint density at radius 3 is 2.58 bits per heavy atom. The molecular weight excluding hydrogens is 320 g/mol. The lowest BCUT2D eigenvalue weighted by Crippen LogP contribution is -2.57. The average Bonchev–Trinajstić information content (AvgIpc) is 2.63. The van der Waals surface area contributed by atoms with Crippen LogP contribution in [0.15, 0.2) is 53.5 Å². The van der Waals surface area contributed by atoms with Gasteiger partial charge < -0.3 is 16.0 Å². The molecule has 2 aromatic rings. The molecule has 124 valence electrons. The van der Waals surface area contributed by atoms with Gasteiger partial charge in [0.25, 0.3) is 0 Å². The summed E-state index contributed by atoms with van der Waals surface area (Å²) in [5.74, 6) is 1.02. The summed E-state index contributed by atoms with van der Waals surface area (Å²) in [7, 11) is 0. The molecule has 2 aromatic carbocycles. The maximum atomic E-state index is 6.41. The topological polar surface area (TPSA) is 48.5 Å². The number of para-hydroxylation sites is 1. The van der Waals surface area contributed by atoms with Crippen molar-refractivity contribution in [3.8, 4) is 0 Å². The van der Waals surface area contributed by atoms with Crippen LogP contribution in [0.4, 0.5) is 11.4 Å². The smallest absolute Gasteiger partial charge is 0.127 e. The van der Waals surface area contributed by atoms with Crippen molar-refractivity contribution in [3.63, 3.8) is 0 Å². The van der Waals surface area contributed by atoms with Gasteiger partial charge in [0.05, 0.1) is 28.5 Å². The van der Waals surface area contributed by atoms with Crippen molar-refractivity contribution >= 4 is 28.8 Å². The molecule has 3 N–H and O–H groups in total. The first-order chi connectivity index (χ1) is 11.8. The largest absolute Gasteiger partial charge is 0.370 e. The second-order valence-electron chi connectivity index (χ2n) is 6.39. The Morgan fingerprint density at radius 2 is 1.79 bits per heavy atom. The fourth-order valence-corrected chi connectivity index (χ4v) is 3.68. The Kier molecular flexibility index (Phi) is 4.17. The molecule has 2 aliphatic heterocycles. The lowest BCUT2D eigenvalue weighted by atomic mass is 9.84. The van der Waals surface area contributed by atoms with Gasteiger partial charge in [-0.05, 0) is 43.6 Å². The van der Waals surface area contributed by atoms with Crippen LogP contribution in [0.3, 0.4) is 0 Å². The zero-order chi connectivity index (χ0) is 16.4. The van der Waals surface area contributed by atoms with Crippen molar-refractivity contribution < 1.29 is 0 Å². The highest BCUT2D eigenvalue weighted by Gasteiger charge is 2.41. The molecule has 1 fully saturated rings. The van der Waals surface area contributed by atoms with Gasteiger partial charge in [-0.2, -0.15) is 0 Å². The molecule has 0 amide bonds. The number of piperidine rings is 1. The molecule has 2 heterocycles. The van der Waals surface area contributed by atoms with Crippen LogP contribution in [-0.2, 0) is 6.54 Å². The molecular formula is C19H21ClN4. The van der Waals surface area contributed by atoms with E-state index >= 15 is 0 Å². The molecule has 0 bridgehead atoms. The van der Waals surface area contributed by atoms with Crippen LogP contribution >= 0.6 is 11.6 Å². The number of aliphatic imine (C=N–C) groups is 1. The van der Waals surface area contributed by atoms with Crippen molar-refractivity contribution in [2.24, 2.45) is 4.99 Å². The summed E-state index contributed by atoms with van der Waals surface area (Å²) < 4.78 is 0. The van der Waals surface area contributed by atoms with Crippen LogP contribution in [0, 0.1) is 0 Å². The highest BCUT2D eigenvalue weighted by Crippen LogP contribution is 2.40. The number of amidine groups is 1. The molecule has 0 aromatic heterocycles. The first-order valence-electron chi connectivity index (χ1n) is 8.40. The van der Waals surface area contributed by atoms with Crippen molar-refractivity contribution in [1.29, 1.82) is 0 Å². The molecule has 0 atom stereocenters. The molecule has 1 spiro atoms. The minimum Gasteiger partial charge on any atom is -0.370 e. The van der Waals surface area contributed by atoms with Crippen molar-refractivity contribution in [1.82, 2.24) is 5.32 Å². The SMILES string of the molecule is Clc1cccc2c1NC1(CCNCC1)C(=NCc1ccccc1)N2. The molecule has 1 saturated heterocycles. The van der Waals surface area contributed by atoms with E-state index in [1.807, 2.05) is 24.3 Å². The van der Waals surface area contributed by atoms with Crippen molar-refractivity contribution in [3.05, 3.63) is 59.1 Å². The van der Waals surface area contributed by atoms with Gasteiger partial charge in [0.2, 0.25) is 0 Å². The summed E-state index contributed by atoms with van der Waals surface area (Å²) >= 11 is 6.41. The third-order valence-corrected chi connectivity index (χ3v) is 5.12. The van der Waals surface area contributed by atoms with Crippen LogP contribution < -0.4 is 16.0 Å². The van der Waals surface area contributed by atoms with E-state index in [9.17, 15) is 0 Å². The lowest BCUT2D eigenvalue weighted by Gasteiger charge is -2.44. The fraction of sp³-hybridized carbons (Fsp3) is 0.316. The molecule has 2 aliphatic rings. The number of hydrogen-bond donors (Lipinski definition) is 3. The predicted octanol–water partition coefficient (Wildman–Crippen LogP) is 3.90. The second-order valence-corrected chi connectivity index (χ2v) is 6.80. The molecule has 4 rings (SSSR count). The van der Waals surface area contributed by atoms with Crippen LogP contribution in [0.25, 0.3) is 0 Å². The van der Waals surface area contributed by atoms with Gasteiger partial charge in [-0.3, -0.25) is 4.99 Å². The van der Waals surface area contributed by atoms with Crippen molar-refractivity contribution in [2.45, 2.75) is 24.9 Å². The third-order valence-electron chi connectivity index (χ3n) is 4.80. The number of anilines is 2. The normalized spacial score (nSPS) is 20.3. The van der Waals surface area contributed by atoms with Crippen LogP contribution in [0.2, 0.25) is 5.02 Å². The van der Waals surface area contributed by atoms with Crippen LogP contribution in [0.1, 0.15) is 18.4 Å². The van der Waals surface area contributed by atoms with Gasteiger partial charge in [-0.25, -0.2) is 0 Å². The number of halogens is 1. The van der Waals surface area contributed by atoms with Crippen LogP contribution in [-0.4, -0.2) is 24.5 Å². The Morgan fingerprint density at radius 1 is 1.00 bits per heavy atom. The third kappa shape index (κ3) is 2.87. The molecule has 24 heavy (non-hydrogen) atoms.